The predicted molar refractivity (Wildman–Crippen MR) is 94.5 cm³/mol. The third-order valence-corrected chi connectivity index (χ3v) is 6.45. The van der Waals surface area contributed by atoms with Crippen LogP contribution in [0.1, 0.15) is 32.1 Å². The second-order valence-electron chi connectivity index (χ2n) is 7.09. The largest absolute Gasteiger partial charge is 0.495 e. The Balaban J connectivity index is 1.79. The van der Waals surface area contributed by atoms with Gasteiger partial charge in [-0.1, -0.05) is 6.42 Å². The lowest BCUT2D eigenvalue weighted by atomic mass is 9.65. The number of ether oxygens (including phenoxy) is 1. The predicted octanol–water partition coefficient (Wildman–Crippen LogP) is 1.43. The minimum atomic E-state index is -3.85. The lowest BCUT2D eigenvalue weighted by Gasteiger charge is -2.43. The summed E-state index contributed by atoms with van der Waals surface area (Å²) in [7, 11) is -2.39. The SMILES string of the molecule is COc1ccc(S(N)(=O)=O)cc1NC(=O)C1CC2CCCC(C1)C2N. The number of carbonyl (C=O) groups excluding carboxylic acids is 1. The van der Waals surface area contributed by atoms with E-state index in [0.29, 0.717) is 23.3 Å². The molecule has 0 spiro atoms. The Labute approximate surface area is 148 Å². The third kappa shape index (κ3) is 3.80. The number of nitrogens with two attached hydrogens (primary N) is 2. The van der Waals surface area contributed by atoms with Gasteiger partial charge in [0, 0.05) is 12.0 Å². The zero-order chi connectivity index (χ0) is 18.2. The first-order valence-corrected chi connectivity index (χ1v) is 10.1. The molecule has 2 fully saturated rings. The van der Waals surface area contributed by atoms with Crippen molar-refractivity contribution in [3.8, 4) is 5.75 Å². The van der Waals surface area contributed by atoms with E-state index in [2.05, 4.69) is 5.32 Å². The maximum absolute atomic E-state index is 12.7. The van der Waals surface area contributed by atoms with Gasteiger partial charge in [0.15, 0.2) is 0 Å². The topological polar surface area (TPSA) is 125 Å². The van der Waals surface area contributed by atoms with Gasteiger partial charge in [-0.15, -0.1) is 0 Å². The summed E-state index contributed by atoms with van der Waals surface area (Å²) in [6, 6.07) is 4.37. The number of rotatable bonds is 4. The third-order valence-electron chi connectivity index (χ3n) is 5.54. The number of sulfonamides is 1. The molecule has 0 radical (unpaired) electrons. The van der Waals surface area contributed by atoms with Gasteiger partial charge in [0.2, 0.25) is 15.9 Å². The number of anilines is 1. The maximum Gasteiger partial charge on any atom is 0.238 e. The number of primary sulfonamides is 1. The van der Waals surface area contributed by atoms with Crippen LogP contribution in [0.25, 0.3) is 0 Å². The van der Waals surface area contributed by atoms with Gasteiger partial charge in [0.1, 0.15) is 5.75 Å². The molecule has 0 heterocycles. The quantitative estimate of drug-likeness (QED) is 0.742. The number of nitrogens with one attached hydrogen (secondary N) is 1. The molecular weight excluding hydrogens is 342 g/mol. The van der Waals surface area contributed by atoms with Crippen LogP contribution in [-0.4, -0.2) is 27.5 Å². The number of hydrogen-bond acceptors (Lipinski definition) is 5. The van der Waals surface area contributed by atoms with Crippen molar-refractivity contribution in [2.75, 3.05) is 12.4 Å². The van der Waals surface area contributed by atoms with Gasteiger partial charge in [-0.3, -0.25) is 4.79 Å². The Kier molecular flexibility index (Phi) is 5.04. The molecule has 2 aliphatic carbocycles. The molecule has 0 saturated heterocycles. The lowest BCUT2D eigenvalue weighted by Crippen LogP contribution is -2.48. The van der Waals surface area contributed by atoms with Crippen molar-refractivity contribution in [3.05, 3.63) is 18.2 Å². The fourth-order valence-electron chi connectivity index (χ4n) is 4.20. The molecule has 1 amide bonds. The summed E-state index contributed by atoms with van der Waals surface area (Å²) in [5.41, 5.74) is 6.60. The molecule has 0 aromatic heterocycles. The smallest absolute Gasteiger partial charge is 0.238 e. The standard InChI is InChI=1S/C17H25N3O4S/c1-24-15-6-5-13(25(19,22)23)9-14(15)20-17(21)12-7-10-3-2-4-11(8-12)16(10)18/h5-6,9-12,16H,2-4,7-8,18H2,1H3,(H,20,21)(H2,19,22,23). The van der Waals surface area contributed by atoms with E-state index < -0.39 is 10.0 Å². The molecular formula is C17H25N3O4S. The Morgan fingerprint density at radius 1 is 1.24 bits per heavy atom. The molecule has 0 aliphatic heterocycles. The molecule has 25 heavy (non-hydrogen) atoms. The van der Waals surface area contributed by atoms with Crippen molar-refractivity contribution in [2.45, 2.75) is 43.0 Å². The first-order chi connectivity index (χ1) is 11.8. The highest BCUT2D eigenvalue weighted by Gasteiger charge is 2.40. The highest BCUT2D eigenvalue weighted by atomic mass is 32.2. The number of carbonyl (C=O) groups is 1. The van der Waals surface area contributed by atoms with Gasteiger partial charge >= 0.3 is 0 Å². The number of methoxy groups -OCH3 is 1. The molecule has 5 N–H and O–H groups in total. The summed E-state index contributed by atoms with van der Waals surface area (Å²) in [6.45, 7) is 0. The molecule has 7 nitrogen and oxygen atoms in total. The Hall–Kier alpha value is -1.64. The normalized spacial score (nSPS) is 29.1. The summed E-state index contributed by atoms with van der Waals surface area (Å²) in [4.78, 5) is 12.7. The van der Waals surface area contributed by atoms with Crippen LogP contribution in [0.2, 0.25) is 0 Å². The minimum Gasteiger partial charge on any atom is -0.495 e. The minimum absolute atomic E-state index is 0.0638. The summed E-state index contributed by atoms with van der Waals surface area (Å²) < 4.78 is 28.3. The summed E-state index contributed by atoms with van der Waals surface area (Å²) in [6.07, 6.45) is 4.89. The zero-order valence-corrected chi connectivity index (χ0v) is 15.1. The fraction of sp³-hybridized carbons (Fsp3) is 0.588. The van der Waals surface area contributed by atoms with E-state index in [-0.39, 0.29) is 22.8 Å². The van der Waals surface area contributed by atoms with Crippen LogP contribution in [0.5, 0.6) is 5.75 Å². The van der Waals surface area contributed by atoms with E-state index >= 15 is 0 Å². The van der Waals surface area contributed by atoms with E-state index in [0.717, 1.165) is 25.7 Å². The maximum atomic E-state index is 12.7. The van der Waals surface area contributed by atoms with Crippen molar-refractivity contribution in [3.63, 3.8) is 0 Å². The van der Waals surface area contributed by atoms with Crippen molar-refractivity contribution in [1.29, 1.82) is 0 Å². The van der Waals surface area contributed by atoms with E-state index in [1.165, 1.54) is 31.7 Å². The zero-order valence-electron chi connectivity index (χ0n) is 14.3. The van der Waals surface area contributed by atoms with E-state index in [1.807, 2.05) is 0 Å². The Morgan fingerprint density at radius 2 is 1.88 bits per heavy atom. The van der Waals surface area contributed by atoms with Crippen LogP contribution in [0.3, 0.4) is 0 Å². The first-order valence-electron chi connectivity index (χ1n) is 8.57. The van der Waals surface area contributed by atoms with Crippen molar-refractivity contribution >= 4 is 21.6 Å². The molecule has 1 aromatic carbocycles. The number of amides is 1. The van der Waals surface area contributed by atoms with Crippen LogP contribution in [0.15, 0.2) is 23.1 Å². The van der Waals surface area contributed by atoms with Gasteiger partial charge in [-0.2, -0.15) is 0 Å². The highest BCUT2D eigenvalue weighted by Crippen LogP contribution is 2.42. The van der Waals surface area contributed by atoms with E-state index in [4.69, 9.17) is 15.6 Å². The second-order valence-corrected chi connectivity index (χ2v) is 8.65. The van der Waals surface area contributed by atoms with Crippen molar-refractivity contribution < 1.29 is 17.9 Å². The average molecular weight is 367 g/mol. The van der Waals surface area contributed by atoms with Crippen LogP contribution in [0.4, 0.5) is 5.69 Å². The van der Waals surface area contributed by atoms with Crippen LogP contribution >= 0.6 is 0 Å². The Bertz CT molecular complexity index is 751. The monoisotopic (exact) mass is 367 g/mol. The highest BCUT2D eigenvalue weighted by molar-refractivity contribution is 7.89. The van der Waals surface area contributed by atoms with E-state index in [1.54, 1.807) is 0 Å². The summed E-state index contributed by atoms with van der Waals surface area (Å²) in [5, 5.41) is 8.00. The fourth-order valence-corrected chi connectivity index (χ4v) is 4.74. The first kappa shape index (κ1) is 18.2. The number of fused-ring (bicyclic) bond motifs is 2. The number of hydrogen-bond donors (Lipinski definition) is 3. The van der Waals surface area contributed by atoms with Gasteiger partial charge in [-0.25, -0.2) is 13.6 Å². The molecule has 138 valence electrons. The molecule has 2 unspecified atom stereocenters. The molecule has 2 atom stereocenters. The van der Waals surface area contributed by atoms with Crippen LogP contribution in [0, 0.1) is 17.8 Å². The van der Waals surface area contributed by atoms with Crippen LogP contribution < -0.4 is 20.9 Å². The molecule has 3 rings (SSSR count). The van der Waals surface area contributed by atoms with Crippen molar-refractivity contribution in [2.24, 2.45) is 28.6 Å². The van der Waals surface area contributed by atoms with Gasteiger partial charge in [-0.05, 0) is 55.7 Å². The average Bonchev–Trinajstić information content (AvgIpc) is 2.53. The lowest BCUT2D eigenvalue weighted by molar-refractivity contribution is -0.122. The molecule has 8 heteroatoms. The van der Waals surface area contributed by atoms with Gasteiger partial charge in [0.25, 0.3) is 0 Å². The Morgan fingerprint density at radius 3 is 2.44 bits per heavy atom. The van der Waals surface area contributed by atoms with Gasteiger partial charge < -0.3 is 15.8 Å². The van der Waals surface area contributed by atoms with Crippen molar-refractivity contribution in [1.82, 2.24) is 0 Å². The van der Waals surface area contributed by atoms with Gasteiger partial charge in [0.05, 0.1) is 17.7 Å². The summed E-state index contributed by atoms with van der Waals surface area (Å²) in [5.74, 6) is 0.946. The molecule has 2 bridgehead atoms. The molecule has 2 aliphatic rings. The van der Waals surface area contributed by atoms with E-state index in [9.17, 15) is 13.2 Å². The number of benzene rings is 1. The molecule has 2 saturated carbocycles. The molecule has 1 aromatic rings. The second kappa shape index (κ2) is 6.93. The summed E-state index contributed by atoms with van der Waals surface area (Å²) >= 11 is 0. The van der Waals surface area contributed by atoms with Crippen LogP contribution in [-0.2, 0) is 14.8 Å².